The summed E-state index contributed by atoms with van der Waals surface area (Å²) in [5.41, 5.74) is -4.12. The van der Waals surface area contributed by atoms with Crippen molar-refractivity contribution in [3.8, 4) is 11.5 Å². The Hall–Kier alpha value is -3.69. The number of nitrogens with zero attached hydrogens (tertiary/aromatic N) is 1. The van der Waals surface area contributed by atoms with Crippen LogP contribution in [0.5, 0.6) is 11.5 Å². The van der Waals surface area contributed by atoms with Gasteiger partial charge in [0.2, 0.25) is 0 Å². The van der Waals surface area contributed by atoms with Crippen molar-refractivity contribution < 1.29 is 66.9 Å². The molecule has 3 rings (SSSR count). The second-order valence-electron chi connectivity index (χ2n) is 8.49. The van der Waals surface area contributed by atoms with Crippen molar-refractivity contribution in [3.63, 3.8) is 0 Å². The zero-order valence-electron chi connectivity index (χ0n) is 19.9. The lowest BCUT2D eigenvalue weighted by atomic mass is 10.1. The Balaban J connectivity index is 2.04. The van der Waals surface area contributed by atoms with E-state index >= 15 is 0 Å². The quantitative estimate of drug-likeness (QED) is 0.259. The smallest absolute Gasteiger partial charge is 0.457 e. The van der Waals surface area contributed by atoms with Crippen LogP contribution >= 0.6 is 0 Å². The van der Waals surface area contributed by atoms with Gasteiger partial charge in [-0.05, 0) is 36.4 Å². The Kier molecular flexibility index (Phi) is 8.50. The molecule has 3 aromatic rings. The molecular formula is C25H16F13NO2. The molecule has 0 aliphatic rings. The van der Waals surface area contributed by atoms with Gasteiger partial charge in [-0.3, -0.25) is 0 Å². The summed E-state index contributed by atoms with van der Waals surface area (Å²) in [4.78, 5) is 0.537. The van der Waals surface area contributed by atoms with Crippen LogP contribution in [0.15, 0.2) is 72.8 Å². The molecule has 1 atom stereocenters. The first-order valence-corrected chi connectivity index (χ1v) is 11.0. The summed E-state index contributed by atoms with van der Waals surface area (Å²) in [7, 11) is 0. The molecule has 0 bridgehead atoms. The summed E-state index contributed by atoms with van der Waals surface area (Å²) in [5, 5.41) is 9.63. The minimum absolute atomic E-state index is 0.257. The van der Waals surface area contributed by atoms with Crippen molar-refractivity contribution in [1.29, 1.82) is 0 Å². The van der Waals surface area contributed by atoms with Crippen molar-refractivity contribution in [2.24, 2.45) is 0 Å². The van der Waals surface area contributed by atoms with Crippen molar-refractivity contribution in [1.82, 2.24) is 0 Å². The van der Waals surface area contributed by atoms with Crippen LogP contribution in [-0.4, -0.2) is 36.3 Å². The van der Waals surface area contributed by atoms with Crippen LogP contribution in [0.3, 0.4) is 0 Å². The highest BCUT2D eigenvalue weighted by atomic mass is 19.4. The topological polar surface area (TPSA) is 32.7 Å². The number of hydrogen-bond acceptors (Lipinski definition) is 3. The third-order valence-electron chi connectivity index (χ3n) is 5.53. The highest BCUT2D eigenvalue weighted by molar-refractivity contribution is 5.66. The number of ether oxygens (including phenoxy) is 1. The van der Waals surface area contributed by atoms with Crippen LogP contribution in [0, 0.1) is 0 Å². The van der Waals surface area contributed by atoms with E-state index in [9.17, 15) is 62.2 Å². The normalized spacial score (nSPS) is 14.1. The highest BCUT2D eigenvalue weighted by Crippen LogP contribution is 2.46. The van der Waals surface area contributed by atoms with Gasteiger partial charge in [-0.2, -0.15) is 57.1 Å². The van der Waals surface area contributed by atoms with Gasteiger partial charge in [0.15, 0.2) is 6.10 Å². The van der Waals surface area contributed by atoms with Gasteiger partial charge in [0.25, 0.3) is 0 Å². The van der Waals surface area contributed by atoms with Gasteiger partial charge in [-0.15, -0.1) is 0 Å². The monoisotopic (exact) mass is 609 g/mol. The predicted molar refractivity (Wildman–Crippen MR) is 118 cm³/mol. The maximum atomic E-state index is 13.9. The largest absolute Gasteiger partial charge is 0.458 e. The van der Waals surface area contributed by atoms with E-state index in [0.717, 1.165) is 42.5 Å². The number of alkyl halides is 13. The molecule has 41 heavy (non-hydrogen) atoms. The summed E-state index contributed by atoms with van der Waals surface area (Å²) in [5.74, 6) is -11.6. The second kappa shape index (κ2) is 10.9. The third-order valence-corrected chi connectivity index (χ3v) is 5.53. The van der Waals surface area contributed by atoms with Crippen LogP contribution in [0.4, 0.5) is 68.5 Å². The molecule has 0 heterocycles. The zero-order chi connectivity index (χ0) is 31.0. The maximum absolute atomic E-state index is 13.9. The molecule has 0 amide bonds. The lowest BCUT2D eigenvalue weighted by Crippen LogP contribution is -2.39. The Labute approximate surface area is 222 Å². The van der Waals surface area contributed by atoms with Crippen LogP contribution in [0.2, 0.25) is 0 Å². The van der Waals surface area contributed by atoms with Gasteiger partial charge < -0.3 is 14.7 Å². The molecule has 0 radical (unpaired) electrons. The fraction of sp³-hybridized carbons (Fsp3) is 0.280. The number of hydrogen-bond donors (Lipinski definition) is 1. The molecule has 3 aromatic carbocycles. The minimum Gasteiger partial charge on any atom is -0.457 e. The van der Waals surface area contributed by atoms with Gasteiger partial charge in [-0.1, -0.05) is 30.3 Å². The molecule has 3 nitrogen and oxygen atoms in total. The number of aliphatic hydroxyl groups is 1. The summed E-state index contributed by atoms with van der Waals surface area (Å²) < 4.78 is 177. The van der Waals surface area contributed by atoms with Crippen LogP contribution in [-0.2, 0) is 11.8 Å². The zero-order valence-corrected chi connectivity index (χ0v) is 19.9. The maximum Gasteiger partial charge on any atom is 0.458 e. The molecule has 0 aliphatic carbocycles. The van der Waals surface area contributed by atoms with E-state index < -0.39 is 65.6 Å². The molecule has 0 aliphatic heterocycles. The summed E-state index contributed by atoms with van der Waals surface area (Å²) in [6.07, 6.45) is -20.4. The highest BCUT2D eigenvalue weighted by Gasteiger charge is 2.59. The van der Waals surface area contributed by atoms with E-state index in [1.165, 1.54) is 0 Å². The SMILES string of the molecule is OC(CN(c1cccc(Oc2cccc(C(F)(F)C(F)(F)F)c2)c1)c1cccc(C(F)(F)C(F)(F)F)c1)C(F)(F)F. The summed E-state index contributed by atoms with van der Waals surface area (Å²) in [6, 6.07) is 9.01. The van der Waals surface area contributed by atoms with Crippen molar-refractivity contribution >= 4 is 11.4 Å². The van der Waals surface area contributed by atoms with Crippen LogP contribution < -0.4 is 9.64 Å². The van der Waals surface area contributed by atoms with Crippen molar-refractivity contribution in [3.05, 3.63) is 83.9 Å². The molecule has 0 aromatic heterocycles. The van der Waals surface area contributed by atoms with E-state index in [2.05, 4.69) is 0 Å². The van der Waals surface area contributed by atoms with Gasteiger partial charge in [0, 0.05) is 28.6 Å². The van der Waals surface area contributed by atoms with Gasteiger partial charge in [0.05, 0.1) is 6.54 Å². The summed E-state index contributed by atoms with van der Waals surface area (Å²) >= 11 is 0. The Morgan fingerprint density at radius 3 is 1.49 bits per heavy atom. The first-order chi connectivity index (χ1) is 18.6. The van der Waals surface area contributed by atoms with E-state index in [1.54, 1.807) is 0 Å². The van der Waals surface area contributed by atoms with Gasteiger partial charge >= 0.3 is 30.4 Å². The number of rotatable bonds is 8. The molecule has 0 fully saturated rings. The number of benzene rings is 3. The third kappa shape index (κ3) is 6.97. The lowest BCUT2D eigenvalue weighted by Gasteiger charge is -2.30. The second-order valence-corrected chi connectivity index (χ2v) is 8.49. The van der Waals surface area contributed by atoms with Crippen LogP contribution in [0.1, 0.15) is 11.1 Å². The molecule has 1 N–H and O–H groups in total. The molecule has 1 unspecified atom stereocenters. The van der Waals surface area contributed by atoms with Crippen molar-refractivity contribution in [2.45, 2.75) is 36.5 Å². The van der Waals surface area contributed by atoms with Crippen LogP contribution in [0.25, 0.3) is 0 Å². The average molecular weight is 609 g/mol. The van der Waals surface area contributed by atoms with E-state index in [1.807, 2.05) is 0 Å². The Morgan fingerprint density at radius 2 is 1.00 bits per heavy atom. The molecular weight excluding hydrogens is 593 g/mol. The van der Waals surface area contributed by atoms with E-state index in [0.29, 0.717) is 29.2 Å². The first-order valence-electron chi connectivity index (χ1n) is 11.0. The number of anilines is 2. The van der Waals surface area contributed by atoms with Crippen molar-refractivity contribution in [2.75, 3.05) is 11.4 Å². The lowest BCUT2D eigenvalue weighted by molar-refractivity contribution is -0.289. The van der Waals surface area contributed by atoms with Gasteiger partial charge in [-0.25, -0.2) is 0 Å². The predicted octanol–water partition coefficient (Wildman–Crippen LogP) is 8.85. The molecule has 16 heteroatoms. The minimum atomic E-state index is -6.05. The van der Waals surface area contributed by atoms with Gasteiger partial charge in [0.1, 0.15) is 11.5 Å². The molecule has 0 saturated carbocycles. The number of aliphatic hydroxyl groups excluding tert-OH is 1. The fourth-order valence-corrected chi connectivity index (χ4v) is 3.44. The fourth-order valence-electron chi connectivity index (χ4n) is 3.44. The average Bonchev–Trinajstić information content (AvgIpc) is 2.85. The van der Waals surface area contributed by atoms with E-state index in [-0.39, 0.29) is 17.5 Å². The Bertz CT molecular complexity index is 1350. The standard InChI is InChI=1S/C25H16F13NO2/c26-21(27,24(33,34)35)14-4-1-6-16(10-14)39(13-20(40)23(30,31)32)17-7-3-9-19(12-17)41-18-8-2-5-15(11-18)22(28,29)25(36,37)38/h1-12,20,40H,13H2. The molecule has 0 spiro atoms. The molecule has 224 valence electrons. The molecule has 0 saturated heterocycles. The van der Waals surface area contributed by atoms with E-state index in [4.69, 9.17) is 4.74 Å². The number of halogens is 13. The first kappa shape index (κ1) is 31.8. The summed E-state index contributed by atoms with van der Waals surface area (Å²) in [6.45, 7) is -1.40. The Morgan fingerprint density at radius 1 is 0.585 bits per heavy atom.